The van der Waals surface area contributed by atoms with Crippen LogP contribution in [-0.2, 0) is 6.42 Å². The van der Waals surface area contributed by atoms with Gasteiger partial charge in [-0.15, -0.1) is 0 Å². The standard InChI is InChI=1S/C20H18OS/c1-15(2)20(22)13-18-9-5-16(6-10-18)3-4-17-7-11-19(14-21)12-8-17/h3-12,14H,1,13H2,2H3/b4-3+. The van der Waals surface area contributed by atoms with Gasteiger partial charge in [-0.25, -0.2) is 0 Å². The number of rotatable bonds is 6. The normalized spacial score (nSPS) is 10.6. The summed E-state index contributed by atoms with van der Waals surface area (Å²) in [6, 6.07) is 15.8. The lowest BCUT2D eigenvalue weighted by atomic mass is 10.0. The second-order valence-corrected chi connectivity index (χ2v) is 5.73. The van der Waals surface area contributed by atoms with E-state index in [1.165, 1.54) is 5.56 Å². The van der Waals surface area contributed by atoms with Crippen LogP contribution in [0.15, 0.2) is 60.7 Å². The summed E-state index contributed by atoms with van der Waals surface area (Å²) in [6.07, 6.45) is 5.70. The highest BCUT2D eigenvalue weighted by Gasteiger charge is 1.99. The molecule has 0 heterocycles. The van der Waals surface area contributed by atoms with Crippen LogP contribution < -0.4 is 0 Å². The molecule has 2 aromatic carbocycles. The Bertz CT molecular complexity index is 706. The zero-order valence-electron chi connectivity index (χ0n) is 12.6. The molecule has 1 nitrogen and oxygen atoms in total. The highest BCUT2D eigenvalue weighted by atomic mass is 32.1. The van der Waals surface area contributed by atoms with Gasteiger partial charge in [0, 0.05) is 16.8 Å². The lowest BCUT2D eigenvalue weighted by molar-refractivity contribution is 0.112. The SMILES string of the molecule is C=C(C)C(=S)Cc1ccc(/C=C/c2ccc(C=O)cc2)cc1. The van der Waals surface area contributed by atoms with E-state index in [-0.39, 0.29) is 0 Å². The monoisotopic (exact) mass is 306 g/mol. The fraction of sp³-hybridized carbons (Fsp3) is 0.100. The van der Waals surface area contributed by atoms with Crippen LogP contribution in [0.5, 0.6) is 0 Å². The molecule has 0 N–H and O–H groups in total. The predicted molar refractivity (Wildman–Crippen MR) is 98.3 cm³/mol. The van der Waals surface area contributed by atoms with Gasteiger partial charge >= 0.3 is 0 Å². The molecule has 110 valence electrons. The molecule has 0 radical (unpaired) electrons. The molecule has 0 aromatic heterocycles. The predicted octanol–water partition coefficient (Wildman–Crippen LogP) is 5.16. The molecule has 0 aliphatic heterocycles. The lowest BCUT2D eigenvalue weighted by Crippen LogP contribution is -2.00. The maximum atomic E-state index is 10.6. The quantitative estimate of drug-likeness (QED) is 0.317. The first-order valence-corrected chi connectivity index (χ1v) is 7.50. The molecule has 0 amide bonds. The summed E-state index contributed by atoms with van der Waals surface area (Å²) in [5, 5.41) is 0. The molecule has 0 fully saturated rings. The third-order valence-corrected chi connectivity index (χ3v) is 3.85. The fourth-order valence-corrected chi connectivity index (χ4v) is 2.13. The minimum atomic E-state index is 0.690. The van der Waals surface area contributed by atoms with Gasteiger partial charge in [0.25, 0.3) is 0 Å². The van der Waals surface area contributed by atoms with Crippen LogP contribution in [0.1, 0.15) is 34.0 Å². The van der Waals surface area contributed by atoms with Gasteiger partial charge < -0.3 is 0 Å². The van der Waals surface area contributed by atoms with Crippen LogP contribution in [0, 0.1) is 0 Å². The Labute approximate surface area is 137 Å². The van der Waals surface area contributed by atoms with E-state index in [0.29, 0.717) is 5.56 Å². The molecular formula is C20H18OS. The van der Waals surface area contributed by atoms with Crippen LogP contribution in [0.3, 0.4) is 0 Å². The Kier molecular flexibility index (Phi) is 5.56. The van der Waals surface area contributed by atoms with E-state index in [4.69, 9.17) is 12.2 Å². The largest absolute Gasteiger partial charge is 0.298 e. The minimum Gasteiger partial charge on any atom is -0.298 e. The van der Waals surface area contributed by atoms with Crippen molar-refractivity contribution < 1.29 is 4.79 Å². The summed E-state index contributed by atoms with van der Waals surface area (Å²) >= 11 is 5.29. The highest BCUT2D eigenvalue weighted by molar-refractivity contribution is 7.80. The van der Waals surface area contributed by atoms with E-state index in [9.17, 15) is 4.79 Å². The Morgan fingerprint density at radius 1 is 0.955 bits per heavy atom. The van der Waals surface area contributed by atoms with Crippen molar-refractivity contribution in [2.45, 2.75) is 13.3 Å². The number of thiocarbonyl (C=S) groups is 1. The van der Waals surface area contributed by atoms with Gasteiger partial charge in [0.05, 0.1) is 0 Å². The molecule has 0 saturated heterocycles. The van der Waals surface area contributed by atoms with Gasteiger partial charge in [0.2, 0.25) is 0 Å². The van der Waals surface area contributed by atoms with E-state index in [0.717, 1.165) is 34.3 Å². The Morgan fingerprint density at radius 3 is 1.86 bits per heavy atom. The summed E-state index contributed by atoms with van der Waals surface area (Å²) in [4.78, 5) is 11.5. The van der Waals surface area contributed by atoms with Gasteiger partial charge in [-0.3, -0.25) is 4.79 Å². The highest BCUT2D eigenvalue weighted by Crippen LogP contribution is 2.12. The van der Waals surface area contributed by atoms with Gasteiger partial charge in [-0.2, -0.15) is 0 Å². The molecule has 0 atom stereocenters. The zero-order chi connectivity index (χ0) is 15.9. The first-order chi connectivity index (χ1) is 10.6. The number of benzene rings is 2. The molecule has 2 heteroatoms. The van der Waals surface area contributed by atoms with Gasteiger partial charge in [-0.05, 0) is 29.2 Å². The molecule has 2 rings (SSSR count). The van der Waals surface area contributed by atoms with Crippen molar-refractivity contribution in [1.82, 2.24) is 0 Å². The van der Waals surface area contributed by atoms with Gasteiger partial charge in [0.15, 0.2) is 0 Å². The smallest absolute Gasteiger partial charge is 0.150 e. The third-order valence-electron chi connectivity index (χ3n) is 3.36. The van der Waals surface area contributed by atoms with E-state index in [2.05, 4.69) is 36.9 Å². The number of hydrogen-bond acceptors (Lipinski definition) is 2. The van der Waals surface area contributed by atoms with Crippen LogP contribution in [0.25, 0.3) is 12.2 Å². The van der Waals surface area contributed by atoms with E-state index < -0.39 is 0 Å². The summed E-state index contributed by atoms with van der Waals surface area (Å²) in [7, 11) is 0. The molecular weight excluding hydrogens is 288 g/mol. The Morgan fingerprint density at radius 2 is 1.41 bits per heavy atom. The summed E-state index contributed by atoms with van der Waals surface area (Å²) in [6.45, 7) is 5.81. The molecule has 22 heavy (non-hydrogen) atoms. The third kappa shape index (κ3) is 4.61. The van der Waals surface area contributed by atoms with E-state index >= 15 is 0 Å². The van der Waals surface area contributed by atoms with E-state index in [1.54, 1.807) is 0 Å². The summed E-state index contributed by atoms with van der Waals surface area (Å²) in [5.41, 5.74) is 5.04. The second-order valence-electron chi connectivity index (χ2n) is 5.24. The molecule has 0 aliphatic rings. The average Bonchev–Trinajstić information content (AvgIpc) is 2.54. The zero-order valence-corrected chi connectivity index (χ0v) is 13.4. The van der Waals surface area contributed by atoms with Gasteiger partial charge in [-0.1, -0.05) is 79.5 Å². The first-order valence-electron chi connectivity index (χ1n) is 7.09. The molecule has 0 bridgehead atoms. The summed E-state index contributed by atoms with van der Waals surface area (Å²) < 4.78 is 0. The van der Waals surface area contributed by atoms with Crippen LogP contribution in [0.2, 0.25) is 0 Å². The first kappa shape index (κ1) is 16.1. The van der Waals surface area contributed by atoms with Gasteiger partial charge in [0.1, 0.15) is 6.29 Å². The number of carbonyl (C=O) groups is 1. The van der Waals surface area contributed by atoms with Crippen molar-refractivity contribution in [3.63, 3.8) is 0 Å². The van der Waals surface area contributed by atoms with Crippen LogP contribution >= 0.6 is 12.2 Å². The number of hydrogen-bond donors (Lipinski definition) is 0. The van der Waals surface area contributed by atoms with Crippen molar-refractivity contribution in [1.29, 1.82) is 0 Å². The molecule has 0 saturated carbocycles. The average molecular weight is 306 g/mol. The maximum Gasteiger partial charge on any atom is 0.150 e. The second kappa shape index (κ2) is 7.62. The number of aldehydes is 1. The molecule has 0 spiro atoms. The van der Waals surface area contributed by atoms with Crippen LogP contribution in [0.4, 0.5) is 0 Å². The fourth-order valence-electron chi connectivity index (χ4n) is 1.96. The number of carbonyl (C=O) groups excluding carboxylic acids is 1. The number of allylic oxidation sites excluding steroid dienone is 1. The maximum absolute atomic E-state index is 10.6. The van der Waals surface area contributed by atoms with Crippen molar-refractivity contribution in [3.05, 3.63) is 82.9 Å². The minimum absolute atomic E-state index is 0.690. The van der Waals surface area contributed by atoms with E-state index in [1.807, 2.05) is 37.3 Å². The molecule has 0 aliphatic carbocycles. The summed E-state index contributed by atoms with van der Waals surface area (Å²) in [5.74, 6) is 0. The molecule has 0 unspecified atom stereocenters. The van der Waals surface area contributed by atoms with Crippen molar-refractivity contribution in [2.75, 3.05) is 0 Å². The Hall–Kier alpha value is -2.32. The van der Waals surface area contributed by atoms with Crippen molar-refractivity contribution in [3.8, 4) is 0 Å². The lowest BCUT2D eigenvalue weighted by Gasteiger charge is -2.03. The molecule has 2 aromatic rings. The van der Waals surface area contributed by atoms with Crippen LogP contribution in [-0.4, -0.2) is 11.2 Å². The van der Waals surface area contributed by atoms with Crippen molar-refractivity contribution >= 4 is 35.5 Å². The van der Waals surface area contributed by atoms with Crippen molar-refractivity contribution in [2.24, 2.45) is 0 Å². The topological polar surface area (TPSA) is 17.1 Å². The Balaban J connectivity index is 2.03.